The van der Waals surface area contributed by atoms with Gasteiger partial charge in [-0.15, -0.1) is 0 Å². The van der Waals surface area contributed by atoms with Gasteiger partial charge in [0.05, 0.1) is 37.2 Å². The molecule has 41 heavy (non-hydrogen) atoms. The molecule has 2 aromatic heterocycles. The molecule has 1 aliphatic heterocycles. The van der Waals surface area contributed by atoms with Crippen LogP contribution in [-0.2, 0) is 14.3 Å². The molecule has 2 atom stereocenters. The summed E-state index contributed by atoms with van der Waals surface area (Å²) < 4.78 is 17.4. The number of aromatic nitrogens is 2. The van der Waals surface area contributed by atoms with Crippen molar-refractivity contribution in [3.05, 3.63) is 102 Å². The minimum Gasteiger partial charge on any atom is -0.495 e. The normalized spacial score (nSPS) is 16.3. The second-order valence-electron chi connectivity index (χ2n) is 9.21. The third kappa shape index (κ3) is 5.63. The quantitative estimate of drug-likeness (QED) is 0.223. The van der Waals surface area contributed by atoms with E-state index in [1.165, 1.54) is 21.3 Å². The van der Waals surface area contributed by atoms with Crippen molar-refractivity contribution in [1.29, 1.82) is 0 Å². The number of benzene rings is 2. The van der Waals surface area contributed by atoms with Gasteiger partial charge in [-0.05, 0) is 72.9 Å². The summed E-state index contributed by atoms with van der Waals surface area (Å²) in [5, 5.41) is 6.79. The molecule has 11 heteroatoms. The molecule has 0 unspecified atom stereocenters. The molecule has 1 fully saturated rings. The number of carbonyl (C=O) groups excluding carboxylic acids is 2. The number of esters is 1. The zero-order chi connectivity index (χ0) is 28.9. The number of hydrogen-bond donors (Lipinski definition) is 2. The van der Waals surface area contributed by atoms with Crippen LogP contribution < -0.4 is 20.3 Å². The van der Waals surface area contributed by atoms with Crippen LogP contribution in [0.5, 0.6) is 5.75 Å². The Morgan fingerprint density at radius 3 is 2.59 bits per heavy atom. The maximum Gasteiger partial charge on any atom is 0.337 e. The van der Waals surface area contributed by atoms with Crippen LogP contribution in [0, 0.1) is 0 Å². The topological polar surface area (TPSA) is 107 Å². The van der Waals surface area contributed by atoms with E-state index >= 15 is 0 Å². The molecule has 5 rings (SSSR count). The fourth-order valence-electron chi connectivity index (χ4n) is 4.97. The lowest BCUT2D eigenvalue weighted by atomic mass is 10.0. The Morgan fingerprint density at radius 2 is 1.85 bits per heavy atom. The van der Waals surface area contributed by atoms with Crippen LogP contribution in [0.2, 0.25) is 0 Å². The summed E-state index contributed by atoms with van der Waals surface area (Å²) in [4.78, 5) is 31.3. The number of amides is 1. The highest BCUT2D eigenvalue weighted by Crippen LogP contribution is 2.43. The first-order chi connectivity index (χ1) is 19.9. The maximum atomic E-state index is 12.4. The molecule has 1 amide bonds. The number of ether oxygens (including phenoxy) is 3. The largest absolute Gasteiger partial charge is 0.495 e. The molecule has 4 aromatic rings. The first kappa shape index (κ1) is 27.8. The molecule has 0 radical (unpaired) electrons. The highest BCUT2D eigenvalue weighted by Gasteiger charge is 2.42. The molecule has 3 heterocycles. The standard InChI is InChI=1S/C30H29N5O5S/c1-38-18-26(36)32-23-17-21(12-13-25(23)39-2)35-28(27(33-30(35)41)22-10-4-5-14-31-22)24-11-7-15-34(24)20-9-6-8-19(16-20)29(37)40-3/h4-17,27-28H,18H2,1-3H3,(H,32,36)(H,33,41)/t27-,28+/m1/s1. The van der Waals surface area contributed by atoms with Gasteiger partial charge in [0.2, 0.25) is 5.91 Å². The first-order valence-corrected chi connectivity index (χ1v) is 13.2. The van der Waals surface area contributed by atoms with Crippen LogP contribution >= 0.6 is 12.2 Å². The predicted molar refractivity (Wildman–Crippen MR) is 159 cm³/mol. The van der Waals surface area contributed by atoms with E-state index < -0.39 is 5.97 Å². The average Bonchev–Trinajstić information content (AvgIpc) is 3.61. The summed E-state index contributed by atoms with van der Waals surface area (Å²) in [6, 6.07) is 21.8. The second-order valence-corrected chi connectivity index (χ2v) is 9.59. The lowest BCUT2D eigenvalue weighted by Gasteiger charge is -2.29. The molecular weight excluding hydrogens is 542 g/mol. The van der Waals surface area contributed by atoms with Crippen molar-refractivity contribution in [2.75, 3.05) is 38.2 Å². The Balaban J connectivity index is 1.63. The minimum absolute atomic E-state index is 0.0976. The van der Waals surface area contributed by atoms with E-state index in [4.69, 9.17) is 26.4 Å². The fraction of sp³-hybridized carbons (Fsp3) is 0.200. The van der Waals surface area contributed by atoms with Gasteiger partial charge >= 0.3 is 5.97 Å². The van der Waals surface area contributed by atoms with Gasteiger partial charge in [-0.2, -0.15) is 0 Å². The Labute approximate surface area is 242 Å². The van der Waals surface area contributed by atoms with E-state index in [0.717, 1.165) is 22.8 Å². The SMILES string of the molecule is COCC(=O)Nc1cc(N2C(=S)N[C@H](c3ccccn3)[C@@H]2c2cccn2-c2cccc(C(=O)OC)c2)ccc1OC. The number of methoxy groups -OCH3 is 3. The minimum atomic E-state index is -0.418. The molecular formula is C30H29N5O5S. The number of anilines is 2. The van der Waals surface area contributed by atoms with Crippen LogP contribution in [0.4, 0.5) is 11.4 Å². The summed E-state index contributed by atoms with van der Waals surface area (Å²) >= 11 is 5.89. The van der Waals surface area contributed by atoms with E-state index in [1.54, 1.807) is 24.4 Å². The number of pyridine rings is 1. The highest BCUT2D eigenvalue weighted by molar-refractivity contribution is 7.80. The molecule has 0 saturated carbocycles. The van der Waals surface area contributed by atoms with E-state index in [0.29, 0.717) is 22.1 Å². The van der Waals surface area contributed by atoms with E-state index in [2.05, 4.69) is 15.6 Å². The number of carbonyl (C=O) groups is 2. The molecule has 0 spiro atoms. The smallest absolute Gasteiger partial charge is 0.337 e. The maximum absolute atomic E-state index is 12.4. The Hall–Kier alpha value is -4.74. The number of thiocarbonyl (C=S) groups is 1. The van der Waals surface area contributed by atoms with E-state index in [-0.39, 0.29) is 24.6 Å². The first-order valence-electron chi connectivity index (χ1n) is 12.8. The van der Waals surface area contributed by atoms with Crippen molar-refractivity contribution in [2.45, 2.75) is 12.1 Å². The number of nitrogens with one attached hydrogen (secondary N) is 2. The van der Waals surface area contributed by atoms with Gasteiger partial charge < -0.3 is 34.3 Å². The van der Waals surface area contributed by atoms with E-state index in [1.807, 2.05) is 70.3 Å². The molecule has 1 aliphatic rings. The van der Waals surface area contributed by atoms with Gasteiger partial charge in [-0.3, -0.25) is 9.78 Å². The van der Waals surface area contributed by atoms with Crippen molar-refractivity contribution in [2.24, 2.45) is 0 Å². The Morgan fingerprint density at radius 1 is 1.00 bits per heavy atom. The average molecular weight is 572 g/mol. The van der Waals surface area contributed by atoms with Gasteiger partial charge in [-0.1, -0.05) is 12.1 Å². The Bertz CT molecular complexity index is 1570. The van der Waals surface area contributed by atoms with Crippen LogP contribution in [-0.4, -0.2) is 54.5 Å². The molecule has 0 aliphatic carbocycles. The van der Waals surface area contributed by atoms with Gasteiger partial charge in [0.1, 0.15) is 18.4 Å². The summed E-state index contributed by atoms with van der Waals surface area (Å²) in [6.07, 6.45) is 3.68. The molecule has 10 nitrogen and oxygen atoms in total. The zero-order valence-corrected chi connectivity index (χ0v) is 23.6. The van der Waals surface area contributed by atoms with Crippen molar-refractivity contribution < 1.29 is 23.8 Å². The monoisotopic (exact) mass is 571 g/mol. The van der Waals surface area contributed by atoms with E-state index in [9.17, 15) is 9.59 Å². The Kier molecular flexibility index (Phi) is 8.27. The highest BCUT2D eigenvalue weighted by atomic mass is 32.1. The van der Waals surface area contributed by atoms with Gasteiger partial charge in [0.25, 0.3) is 0 Å². The number of rotatable bonds is 9. The third-order valence-electron chi connectivity index (χ3n) is 6.74. The summed E-state index contributed by atoms with van der Waals surface area (Å²) in [6.45, 7) is -0.0976. The molecule has 2 aromatic carbocycles. The van der Waals surface area contributed by atoms with Crippen molar-refractivity contribution >= 4 is 40.6 Å². The molecule has 0 bridgehead atoms. The third-order valence-corrected chi connectivity index (χ3v) is 7.05. The summed E-state index contributed by atoms with van der Waals surface area (Å²) in [5.74, 6) is -0.233. The summed E-state index contributed by atoms with van der Waals surface area (Å²) in [7, 11) is 4.36. The van der Waals surface area contributed by atoms with Crippen molar-refractivity contribution in [3.8, 4) is 11.4 Å². The molecule has 2 N–H and O–H groups in total. The zero-order valence-electron chi connectivity index (χ0n) is 22.7. The number of nitrogens with zero attached hydrogens (tertiary/aromatic N) is 3. The second kappa shape index (κ2) is 12.2. The molecule has 1 saturated heterocycles. The van der Waals surface area contributed by atoms with Crippen LogP contribution in [0.3, 0.4) is 0 Å². The van der Waals surface area contributed by atoms with Gasteiger partial charge in [0, 0.05) is 36.6 Å². The van der Waals surface area contributed by atoms with Crippen LogP contribution in [0.15, 0.2) is 85.2 Å². The number of hydrogen-bond acceptors (Lipinski definition) is 7. The fourth-order valence-corrected chi connectivity index (χ4v) is 5.31. The predicted octanol–water partition coefficient (Wildman–Crippen LogP) is 4.43. The summed E-state index contributed by atoms with van der Waals surface area (Å²) in [5.41, 5.74) is 4.14. The van der Waals surface area contributed by atoms with Crippen molar-refractivity contribution in [1.82, 2.24) is 14.9 Å². The van der Waals surface area contributed by atoms with Crippen molar-refractivity contribution in [3.63, 3.8) is 0 Å². The lowest BCUT2D eigenvalue weighted by Crippen LogP contribution is -2.30. The molecule has 210 valence electrons. The van der Waals surface area contributed by atoms with Crippen LogP contribution in [0.1, 0.15) is 33.8 Å². The lowest BCUT2D eigenvalue weighted by molar-refractivity contribution is -0.119. The van der Waals surface area contributed by atoms with Crippen LogP contribution in [0.25, 0.3) is 5.69 Å². The van der Waals surface area contributed by atoms with Gasteiger partial charge in [0.15, 0.2) is 5.11 Å². The van der Waals surface area contributed by atoms with Gasteiger partial charge in [-0.25, -0.2) is 4.79 Å².